The fourth-order valence-corrected chi connectivity index (χ4v) is 35.3. The molecule has 0 atom stereocenters. The van der Waals surface area contributed by atoms with Gasteiger partial charge in [0.2, 0.25) is 0 Å². The van der Waals surface area contributed by atoms with Crippen molar-refractivity contribution in [3.8, 4) is 11.1 Å². The van der Waals surface area contributed by atoms with E-state index in [2.05, 4.69) is 66.8 Å². The first-order valence-electron chi connectivity index (χ1n) is 12.2. The third-order valence-corrected chi connectivity index (χ3v) is 31.5. The van der Waals surface area contributed by atoms with Gasteiger partial charge in [0.05, 0.1) is 0 Å². The molecule has 0 saturated heterocycles. The zero-order valence-corrected chi connectivity index (χ0v) is 23.7. The Morgan fingerprint density at radius 1 is 0.688 bits per heavy atom. The Labute approximate surface area is 214 Å². The minimum Gasteiger partial charge on any atom is -1.00 e. The fraction of sp³-hybridized carbons (Fsp3) is 0.429. The van der Waals surface area contributed by atoms with E-state index < -0.39 is 20.4 Å². The topological polar surface area (TPSA) is 0 Å². The summed E-state index contributed by atoms with van der Waals surface area (Å²) in [5.41, 5.74) is 8.47. The minimum absolute atomic E-state index is 0. The summed E-state index contributed by atoms with van der Waals surface area (Å²) in [4.78, 5) is 0. The van der Waals surface area contributed by atoms with Gasteiger partial charge in [0.15, 0.2) is 0 Å². The molecular formula is C28H32Cl2SiZr. The van der Waals surface area contributed by atoms with Crippen LogP contribution in [0.1, 0.15) is 72.5 Å². The van der Waals surface area contributed by atoms with E-state index in [9.17, 15) is 0 Å². The zero-order valence-electron chi connectivity index (χ0n) is 18.7. The van der Waals surface area contributed by atoms with E-state index >= 15 is 0 Å². The van der Waals surface area contributed by atoms with Crippen LogP contribution in [-0.2, 0) is 20.4 Å². The fourth-order valence-electron chi connectivity index (χ4n) is 6.90. The van der Waals surface area contributed by atoms with Gasteiger partial charge in [-0.15, -0.1) is 0 Å². The summed E-state index contributed by atoms with van der Waals surface area (Å²) in [6.45, 7) is 0. The van der Waals surface area contributed by atoms with Crippen molar-refractivity contribution in [2.24, 2.45) is 0 Å². The predicted molar refractivity (Wildman–Crippen MR) is 126 cm³/mol. The van der Waals surface area contributed by atoms with Crippen LogP contribution in [0.25, 0.3) is 11.1 Å². The Kier molecular flexibility index (Phi) is 8.42. The SMILES string of the molecule is C1=CC[C]([Zr+2]([CH]2c3ccccc3-c3ccccc32)=[Si](C2CCCC2)C2CCCC2)=C1.[Cl-].[Cl-]. The molecule has 0 aliphatic heterocycles. The molecule has 2 fully saturated rings. The van der Waals surface area contributed by atoms with Crippen molar-refractivity contribution in [2.45, 2.75) is 72.5 Å². The van der Waals surface area contributed by atoms with Gasteiger partial charge in [-0.3, -0.25) is 0 Å². The van der Waals surface area contributed by atoms with Gasteiger partial charge in [0.1, 0.15) is 0 Å². The van der Waals surface area contributed by atoms with Crippen LogP contribution in [0.4, 0.5) is 0 Å². The van der Waals surface area contributed by atoms with Crippen LogP contribution in [-0.4, -0.2) is 5.43 Å². The molecule has 0 heterocycles. The third-order valence-electron chi connectivity index (χ3n) is 8.14. The van der Waals surface area contributed by atoms with Gasteiger partial charge in [-0.25, -0.2) is 0 Å². The monoisotopic (exact) mass is 556 g/mol. The van der Waals surface area contributed by atoms with Crippen molar-refractivity contribution in [2.75, 3.05) is 0 Å². The van der Waals surface area contributed by atoms with Gasteiger partial charge in [0.25, 0.3) is 0 Å². The number of hydrogen-bond acceptors (Lipinski definition) is 0. The Hall–Kier alpha value is -0.400. The smallest absolute Gasteiger partial charge is 1.00 e. The summed E-state index contributed by atoms with van der Waals surface area (Å²) >= 11 is -1.92. The van der Waals surface area contributed by atoms with Crippen molar-refractivity contribution in [1.82, 2.24) is 0 Å². The Morgan fingerprint density at radius 3 is 1.66 bits per heavy atom. The number of benzene rings is 2. The summed E-state index contributed by atoms with van der Waals surface area (Å²) in [6.07, 6.45) is 21.0. The molecule has 32 heavy (non-hydrogen) atoms. The minimum atomic E-state index is -1.92. The molecule has 2 aromatic carbocycles. The Morgan fingerprint density at radius 2 is 1.19 bits per heavy atom. The maximum absolute atomic E-state index is 2.60. The average molecular weight is 559 g/mol. The van der Waals surface area contributed by atoms with Gasteiger partial charge in [-0.1, -0.05) is 0 Å². The van der Waals surface area contributed by atoms with E-state index in [1.807, 2.05) is 3.28 Å². The van der Waals surface area contributed by atoms with Crippen LogP contribution in [0.15, 0.2) is 70.0 Å². The van der Waals surface area contributed by atoms with Crippen LogP contribution < -0.4 is 24.8 Å². The van der Waals surface area contributed by atoms with Gasteiger partial charge in [-0.05, 0) is 0 Å². The van der Waals surface area contributed by atoms with Gasteiger partial charge in [0, 0.05) is 0 Å². The molecule has 0 radical (unpaired) electrons. The summed E-state index contributed by atoms with van der Waals surface area (Å²) < 4.78 is 2.74. The molecule has 0 nitrogen and oxygen atoms in total. The van der Waals surface area contributed by atoms with Gasteiger partial charge < -0.3 is 24.8 Å². The number of halogens is 2. The van der Waals surface area contributed by atoms with Crippen molar-refractivity contribution in [3.05, 3.63) is 81.2 Å². The summed E-state index contributed by atoms with van der Waals surface area (Å²) in [7, 11) is 0. The second-order valence-corrected chi connectivity index (χ2v) is 24.8. The second kappa shape index (κ2) is 10.9. The van der Waals surface area contributed by atoms with Crippen LogP contribution in [0.2, 0.25) is 11.1 Å². The molecule has 4 heteroatoms. The number of fused-ring (bicyclic) bond motifs is 3. The largest absolute Gasteiger partial charge is 1.00 e. The van der Waals surface area contributed by atoms with Crippen molar-refractivity contribution >= 4 is 5.43 Å². The van der Waals surface area contributed by atoms with Crippen LogP contribution in [0.3, 0.4) is 0 Å². The van der Waals surface area contributed by atoms with Crippen LogP contribution in [0, 0.1) is 0 Å². The zero-order chi connectivity index (χ0) is 19.9. The number of hydrogen-bond donors (Lipinski definition) is 0. The molecule has 2 aromatic rings. The molecular weight excluding hydrogens is 527 g/mol. The van der Waals surface area contributed by atoms with E-state index in [-0.39, 0.29) is 30.2 Å². The normalized spacial score (nSPS) is 19.5. The molecule has 4 aliphatic rings. The quantitative estimate of drug-likeness (QED) is 0.505. The molecule has 0 spiro atoms. The third kappa shape index (κ3) is 4.35. The second-order valence-electron chi connectivity index (χ2n) is 9.76. The van der Waals surface area contributed by atoms with E-state index in [0.717, 1.165) is 14.7 Å². The van der Waals surface area contributed by atoms with Crippen LogP contribution in [0.5, 0.6) is 0 Å². The Bertz CT molecular complexity index is 995. The summed E-state index contributed by atoms with van der Waals surface area (Å²) in [5, 5.41) is 0. The molecule has 0 N–H and O–H groups in total. The molecule has 0 amide bonds. The Balaban J connectivity index is 0.00000122. The molecule has 6 rings (SSSR count). The average Bonchev–Trinajstić information content (AvgIpc) is 3.60. The van der Waals surface area contributed by atoms with E-state index in [4.69, 9.17) is 0 Å². The number of rotatable bonds is 4. The first-order chi connectivity index (χ1) is 14.9. The molecule has 2 saturated carbocycles. The van der Waals surface area contributed by atoms with E-state index in [0.29, 0.717) is 0 Å². The molecule has 166 valence electrons. The van der Waals surface area contributed by atoms with Gasteiger partial charge in [-0.2, -0.15) is 0 Å². The first kappa shape index (κ1) is 24.7. The van der Waals surface area contributed by atoms with Crippen LogP contribution >= 0.6 is 0 Å². The predicted octanol–water partition coefficient (Wildman–Crippen LogP) is 2.11. The number of allylic oxidation sites excluding steroid dienone is 4. The molecule has 0 aromatic heterocycles. The maximum atomic E-state index is 2.60. The molecule has 0 unspecified atom stereocenters. The van der Waals surface area contributed by atoms with Crippen molar-refractivity contribution in [1.29, 1.82) is 0 Å². The summed E-state index contributed by atoms with van der Waals surface area (Å²) in [6, 6.07) is 19.0. The van der Waals surface area contributed by atoms with Crippen molar-refractivity contribution < 1.29 is 45.2 Å². The first-order valence-corrected chi connectivity index (χ1v) is 20.2. The van der Waals surface area contributed by atoms with Crippen molar-refractivity contribution in [3.63, 3.8) is 0 Å². The van der Waals surface area contributed by atoms with Gasteiger partial charge >= 0.3 is 191 Å². The standard InChI is InChI=1S/C13H9.C10H18Si.C5H5.2ClH.Zr/c1-3-7-12-10(5-1)9-11-6-2-4-8-13(11)12;1-2-6-9(5-1)11-10-7-3-4-8-10;1-2-4-5-3-1;;;/h1-9H;9-10H,1-8H2;1-3H,4H2;2*1H;/q;;;;;+2/p-2. The summed E-state index contributed by atoms with van der Waals surface area (Å²) in [5.74, 6) is 0. The maximum Gasteiger partial charge on any atom is -1.00 e. The van der Waals surface area contributed by atoms with E-state index in [1.165, 1.54) is 32.1 Å². The molecule has 0 bridgehead atoms. The molecule has 4 aliphatic carbocycles. The van der Waals surface area contributed by atoms with E-state index in [1.54, 1.807) is 47.9 Å².